The third kappa shape index (κ3) is 4.14. The number of nitrogens with zero attached hydrogens (tertiary/aromatic N) is 2. The lowest BCUT2D eigenvalue weighted by atomic mass is 10.1. The monoisotopic (exact) mass is 208 g/mol. The smallest absolute Gasteiger partial charge is 0.224 e. The molecule has 1 aromatic rings. The van der Waals surface area contributed by atoms with Crippen LogP contribution in [0.1, 0.15) is 27.2 Å². The number of anilines is 2. The van der Waals surface area contributed by atoms with Gasteiger partial charge in [0.25, 0.3) is 0 Å². The molecule has 0 aliphatic carbocycles. The zero-order valence-corrected chi connectivity index (χ0v) is 9.91. The molecular formula is C11H20N4. The standard InChI is InChI=1S/C11H20N4/c1-8(2)7-9(3)14-10-5-6-13-11(12-4)15-10/h5-6,8-9H,7H2,1-4H3,(H2,12,13,14,15). The van der Waals surface area contributed by atoms with Gasteiger partial charge in [0.15, 0.2) is 0 Å². The molecule has 1 heterocycles. The van der Waals surface area contributed by atoms with Crippen LogP contribution in [-0.2, 0) is 0 Å². The number of aromatic nitrogens is 2. The zero-order chi connectivity index (χ0) is 11.3. The van der Waals surface area contributed by atoms with Crippen LogP contribution in [0.4, 0.5) is 11.8 Å². The Labute approximate surface area is 91.5 Å². The summed E-state index contributed by atoms with van der Waals surface area (Å²) in [5.74, 6) is 2.22. The highest BCUT2D eigenvalue weighted by atomic mass is 15.1. The summed E-state index contributed by atoms with van der Waals surface area (Å²) in [4.78, 5) is 8.37. The maximum absolute atomic E-state index is 4.31. The Kier molecular flexibility index (Phi) is 4.34. The zero-order valence-electron chi connectivity index (χ0n) is 9.91. The SMILES string of the molecule is CNc1nccc(NC(C)CC(C)C)n1. The van der Waals surface area contributed by atoms with Crippen molar-refractivity contribution in [2.45, 2.75) is 33.2 Å². The molecule has 4 heteroatoms. The number of rotatable bonds is 5. The van der Waals surface area contributed by atoms with E-state index in [2.05, 4.69) is 41.4 Å². The lowest BCUT2D eigenvalue weighted by molar-refractivity contribution is 0.539. The summed E-state index contributed by atoms with van der Waals surface area (Å²) in [7, 11) is 1.82. The van der Waals surface area contributed by atoms with E-state index in [0.717, 1.165) is 12.2 Å². The van der Waals surface area contributed by atoms with Crippen molar-refractivity contribution >= 4 is 11.8 Å². The highest BCUT2D eigenvalue weighted by Gasteiger charge is 2.05. The first-order chi connectivity index (χ1) is 7.11. The van der Waals surface area contributed by atoms with Crippen molar-refractivity contribution in [2.24, 2.45) is 5.92 Å². The van der Waals surface area contributed by atoms with E-state index >= 15 is 0 Å². The first kappa shape index (κ1) is 11.8. The van der Waals surface area contributed by atoms with Crippen LogP contribution in [0.25, 0.3) is 0 Å². The van der Waals surface area contributed by atoms with Gasteiger partial charge in [-0.25, -0.2) is 4.98 Å². The minimum atomic E-state index is 0.435. The van der Waals surface area contributed by atoms with Crippen molar-refractivity contribution in [3.05, 3.63) is 12.3 Å². The molecule has 0 saturated heterocycles. The molecule has 1 atom stereocenters. The fourth-order valence-corrected chi connectivity index (χ4v) is 1.58. The summed E-state index contributed by atoms with van der Waals surface area (Å²) in [6.45, 7) is 6.61. The molecule has 1 rings (SSSR count). The molecule has 0 aliphatic rings. The van der Waals surface area contributed by atoms with Crippen LogP contribution in [0.2, 0.25) is 0 Å². The van der Waals surface area contributed by atoms with E-state index < -0.39 is 0 Å². The molecule has 0 radical (unpaired) electrons. The minimum absolute atomic E-state index is 0.435. The summed E-state index contributed by atoms with van der Waals surface area (Å²) < 4.78 is 0. The number of hydrogen-bond acceptors (Lipinski definition) is 4. The molecule has 15 heavy (non-hydrogen) atoms. The molecule has 84 valence electrons. The van der Waals surface area contributed by atoms with Gasteiger partial charge in [0, 0.05) is 19.3 Å². The van der Waals surface area contributed by atoms with Gasteiger partial charge in [0.1, 0.15) is 5.82 Å². The minimum Gasteiger partial charge on any atom is -0.367 e. The normalized spacial score (nSPS) is 12.6. The maximum Gasteiger partial charge on any atom is 0.224 e. The van der Waals surface area contributed by atoms with Gasteiger partial charge < -0.3 is 10.6 Å². The quantitative estimate of drug-likeness (QED) is 0.780. The molecule has 0 fully saturated rings. The largest absolute Gasteiger partial charge is 0.367 e. The van der Waals surface area contributed by atoms with E-state index in [9.17, 15) is 0 Å². The van der Waals surface area contributed by atoms with Crippen LogP contribution in [0.3, 0.4) is 0 Å². The lowest BCUT2D eigenvalue weighted by Gasteiger charge is -2.16. The first-order valence-electron chi connectivity index (χ1n) is 5.39. The van der Waals surface area contributed by atoms with Crippen molar-refractivity contribution in [2.75, 3.05) is 17.7 Å². The van der Waals surface area contributed by atoms with Crippen LogP contribution in [0, 0.1) is 5.92 Å². The highest BCUT2D eigenvalue weighted by Crippen LogP contribution is 2.11. The van der Waals surface area contributed by atoms with Gasteiger partial charge in [-0.3, -0.25) is 0 Å². The second-order valence-electron chi connectivity index (χ2n) is 4.19. The Morgan fingerprint density at radius 2 is 2.07 bits per heavy atom. The van der Waals surface area contributed by atoms with Gasteiger partial charge >= 0.3 is 0 Å². The molecule has 0 aliphatic heterocycles. The van der Waals surface area contributed by atoms with E-state index in [-0.39, 0.29) is 0 Å². The Balaban J connectivity index is 2.55. The summed E-state index contributed by atoms with van der Waals surface area (Å²) in [6.07, 6.45) is 2.89. The van der Waals surface area contributed by atoms with Crippen LogP contribution in [0.5, 0.6) is 0 Å². The highest BCUT2D eigenvalue weighted by molar-refractivity contribution is 5.39. The molecule has 0 bridgehead atoms. The van der Waals surface area contributed by atoms with Gasteiger partial charge in [-0.2, -0.15) is 4.98 Å². The van der Waals surface area contributed by atoms with Gasteiger partial charge in [-0.15, -0.1) is 0 Å². The van der Waals surface area contributed by atoms with Crippen LogP contribution in [0.15, 0.2) is 12.3 Å². The van der Waals surface area contributed by atoms with Gasteiger partial charge in [0.05, 0.1) is 0 Å². The Hall–Kier alpha value is -1.32. The van der Waals surface area contributed by atoms with E-state index in [4.69, 9.17) is 0 Å². The van der Waals surface area contributed by atoms with Crippen LogP contribution < -0.4 is 10.6 Å². The molecule has 0 saturated carbocycles. The Morgan fingerprint density at radius 3 is 2.67 bits per heavy atom. The van der Waals surface area contributed by atoms with Gasteiger partial charge in [-0.05, 0) is 25.3 Å². The predicted octanol–water partition coefficient (Wildman–Crippen LogP) is 2.36. The van der Waals surface area contributed by atoms with Crippen LogP contribution >= 0.6 is 0 Å². The van der Waals surface area contributed by atoms with E-state index in [1.807, 2.05) is 13.1 Å². The Morgan fingerprint density at radius 1 is 1.33 bits per heavy atom. The van der Waals surface area contributed by atoms with E-state index in [0.29, 0.717) is 17.9 Å². The number of nitrogens with one attached hydrogen (secondary N) is 2. The van der Waals surface area contributed by atoms with Crippen molar-refractivity contribution in [3.63, 3.8) is 0 Å². The number of hydrogen-bond donors (Lipinski definition) is 2. The topological polar surface area (TPSA) is 49.8 Å². The molecular weight excluding hydrogens is 188 g/mol. The van der Waals surface area contributed by atoms with Gasteiger partial charge in [0.2, 0.25) is 5.95 Å². The van der Waals surface area contributed by atoms with Gasteiger partial charge in [-0.1, -0.05) is 13.8 Å². The average molecular weight is 208 g/mol. The summed E-state index contributed by atoms with van der Waals surface area (Å²) in [5, 5.41) is 6.28. The second kappa shape index (κ2) is 5.53. The molecule has 1 aromatic heterocycles. The molecule has 4 nitrogen and oxygen atoms in total. The average Bonchev–Trinajstić information content (AvgIpc) is 2.16. The maximum atomic E-state index is 4.31. The second-order valence-corrected chi connectivity index (χ2v) is 4.19. The molecule has 0 spiro atoms. The van der Waals surface area contributed by atoms with E-state index in [1.54, 1.807) is 6.20 Å². The fourth-order valence-electron chi connectivity index (χ4n) is 1.58. The fraction of sp³-hybridized carbons (Fsp3) is 0.636. The van der Waals surface area contributed by atoms with Crippen molar-refractivity contribution in [1.29, 1.82) is 0 Å². The third-order valence-electron chi connectivity index (χ3n) is 2.10. The molecule has 1 unspecified atom stereocenters. The molecule has 2 N–H and O–H groups in total. The lowest BCUT2D eigenvalue weighted by Crippen LogP contribution is -2.18. The summed E-state index contributed by atoms with van der Waals surface area (Å²) >= 11 is 0. The molecule has 0 amide bonds. The summed E-state index contributed by atoms with van der Waals surface area (Å²) in [5.41, 5.74) is 0. The summed E-state index contributed by atoms with van der Waals surface area (Å²) in [6, 6.07) is 2.32. The van der Waals surface area contributed by atoms with E-state index in [1.165, 1.54) is 0 Å². The third-order valence-corrected chi connectivity index (χ3v) is 2.10. The van der Waals surface area contributed by atoms with Crippen LogP contribution in [-0.4, -0.2) is 23.1 Å². The molecule has 0 aromatic carbocycles. The van der Waals surface area contributed by atoms with Crippen molar-refractivity contribution in [3.8, 4) is 0 Å². The first-order valence-corrected chi connectivity index (χ1v) is 5.39. The Bertz CT molecular complexity index is 298. The van der Waals surface area contributed by atoms with Crippen molar-refractivity contribution < 1.29 is 0 Å². The predicted molar refractivity (Wildman–Crippen MR) is 64.1 cm³/mol. The van der Waals surface area contributed by atoms with Crippen molar-refractivity contribution in [1.82, 2.24) is 9.97 Å².